The van der Waals surface area contributed by atoms with Crippen molar-refractivity contribution in [2.75, 3.05) is 24.5 Å². The van der Waals surface area contributed by atoms with Crippen LogP contribution in [0.15, 0.2) is 12.1 Å². The monoisotopic (exact) mass is 252 g/mol. The van der Waals surface area contributed by atoms with E-state index in [-0.39, 0.29) is 18.1 Å². The van der Waals surface area contributed by atoms with Gasteiger partial charge in [0, 0.05) is 13.1 Å². The Balaban J connectivity index is 2.76. The summed E-state index contributed by atoms with van der Waals surface area (Å²) in [5, 5.41) is 18.8. The van der Waals surface area contributed by atoms with Crippen LogP contribution in [0.3, 0.4) is 0 Å². The number of hydrogen-bond donors (Lipinski definition) is 2. The third-order valence-corrected chi connectivity index (χ3v) is 2.28. The number of rotatable bonds is 6. The van der Waals surface area contributed by atoms with Crippen molar-refractivity contribution in [1.82, 2.24) is 15.5 Å². The van der Waals surface area contributed by atoms with Crippen LogP contribution < -0.4 is 10.2 Å². The first-order valence-electron chi connectivity index (χ1n) is 5.67. The number of aromatic nitrogens is 2. The zero-order chi connectivity index (χ0) is 13.5. The molecule has 0 bridgehead atoms. The van der Waals surface area contributed by atoms with Crippen LogP contribution >= 0.6 is 0 Å². The number of anilines is 1. The van der Waals surface area contributed by atoms with Gasteiger partial charge in [0.05, 0.1) is 6.54 Å². The van der Waals surface area contributed by atoms with Crippen molar-refractivity contribution in [2.24, 2.45) is 0 Å². The zero-order valence-electron chi connectivity index (χ0n) is 10.4. The Morgan fingerprint density at radius 2 is 2.06 bits per heavy atom. The molecule has 0 fully saturated rings. The van der Waals surface area contributed by atoms with E-state index in [9.17, 15) is 9.59 Å². The molecule has 0 radical (unpaired) electrons. The Hall–Kier alpha value is -2.18. The predicted molar refractivity (Wildman–Crippen MR) is 65.6 cm³/mol. The molecule has 0 aliphatic rings. The van der Waals surface area contributed by atoms with E-state index < -0.39 is 5.97 Å². The molecule has 1 heterocycles. The van der Waals surface area contributed by atoms with Crippen LogP contribution in [0.1, 0.15) is 24.3 Å². The molecular weight excluding hydrogens is 236 g/mol. The van der Waals surface area contributed by atoms with Gasteiger partial charge >= 0.3 is 5.97 Å². The maximum atomic E-state index is 11.5. The summed E-state index contributed by atoms with van der Waals surface area (Å²) in [6.45, 7) is 5.05. The van der Waals surface area contributed by atoms with Crippen LogP contribution in [0.5, 0.6) is 0 Å². The molecule has 0 saturated heterocycles. The highest BCUT2D eigenvalue weighted by atomic mass is 16.4. The standard InChI is InChI=1S/C11H16N4O3/c1-3-12-10(16)7-15(4-2)9-6-5-8(11(17)18)13-14-9/h5-6H,3-4,7H2,1-2H3,(H,12,16)(H,17,18). The number of carbonyl (C=O) groups excluding carboxylic acids is 1. The second kappa shape index (κ2) is 6.53. The highest BCUT2D eigenvalue weighted by molar-refractivity contribution is 5.85. The second-order valence-electron chi connectivity index (χ2n) is 3.55. The van der Waals surface area contributed by atoms with Gasteiger partial charge in [0.1, 0.15) is 0 Å². The first kappa shape index (κ1) is 13.9. The second-order valence-corrected chi connectivity index (χ2v) is 3.55. The molecule has 0 saturated carbocycles. The van der Waals surface area contributed by atoms with E-state index in [1.54, 1.807) is 11.0 Å². The van der Waals surface area contributed by atoms with E-state index >= 15 is 0 Å². The minimum absolute atomic E-state index is 0.108. The number of aromatic carboxylic acids is 1. The number of nitrogens with one attached hydrogen (secondary N) is 1. The molecule has 0 atom stereocenters. The van der Waals surface area contributed by atoms with Crippen molar-refractivity contribution in [2.45, 2.75) is 13.8 Å². The first-order valence-corrected chi connectivity index (χ1v) is 5.67. The van der Waals surface area contributed by atoms with E-state index in [0.717, 1.165) is 0 Å². The molecule has 0 aliphatic heterocycles. The lowest BCUT2D eigenvalue weighted by Gasteiger charge is -2.20. The summed E-state index contributed by atoms with van der Waals surface area (Å²) in [6.07, 6.45) is 0. The summed E-state index contributed by atoms with van der Waals surface area (Å²) in [5.41, 5.74) is -0.118. The number of hydrogen-bond acceptors (Lipinski definition) is 5. The van der Waals surface area contributed by atoms with Gasteiger partial charge in [0.25, 0.3) is 0 Å². The zero-order valence-corrected chi connectivity index (χ0v) is 10.4. The normalized spacial score (nSPS) is 9.89. The van der Waals surface area contributed by atoms with E-state index in [4.69, 9.17) is 5.11 Å². The molecule has 1 aromatic heterocycles. The average molecular weight is 252 g/mol. The summed E-state index contributed by atoms with van der Waals surface area (Å²) in [6, 6.07) is 2.91. The fourth-order valence-corrected chi connectivity index (χ4v) is 1.39. The number of amides is 1. The van der Waals surface area contributed by atoms with Gasteiger partial charge in [-0.1, -0.05) is 0 Å². The van der Waals surface area contributed by atoms with Gasteiger partial charge in [-0.15, -0.1) is 10.2 Å². The summed E-state index contributed by atoms with van der Waals surface area (Å²) in [5.74, 6) is -0.752. The van der Waals surface area contributed by atoms with E-state index in [1.165, 1.54) is 6.07 Å². The molecular formula is C11H16N4O3. The van der Waals surface area contributed by atoms with Gasteiger partial charge in [0.2, 0.25) is 5.91 Å². The molecule has 7 nitrogen and oxygen atoms in total. The van der Waals surface area contributed by atoms with Crippen LogP contribution in [-0.2, 0) is 4.79 Å². The highest BCUT2D eigenvalue weighted by Crippen LogP contribution is 2.08. The Bertz CT molecular complexity index is 419. The van der Waals surface area contributed by atoms with Gasteiger partial charge in [-0.3, -0.25) is 4.79 Å². The quantitative estimate of drug-likeness (QED) is 0.747. The maximum Gasteiger partial charge on any atom is 0.356 e. The van der Waals surface area contributed by atoms with Gasteiger partial charge in [0.15, 0.2) is 11.5 Å². The van der Waals surface area contributed by atoms with Crippen LogP contribution in [0.4, 0.5) is 5.82 Å². The summed E-state index contributed by atoms with van der Waals surface area (Å²) in [7, 11) is 0. The molecule has 7 heteroatoms. The summed E-state index contributed by atoms with van der Waals surface area (Å²) in [4.78, 5) is 23.8. The molecule has 98 valence electrons. The van der Waals surface area contributed by atoms with Gasteiger partial charge in [-0.25, -0.2) is 4.79 Å². The van der Waals surface area contributed by atoms with Gasteiger partial charge in [-0.2, -0.15) is 0 Å². The van der Waals surface area contributed by atoms with Crippen LogP contribution in [0.25, 0.3) is 0 Å². The Morgan fingerprint density at radius 1 is 1.33 bits per heavy atom. The van der Waals surface area contributed by atoms with Crippen molar-refractivity contribution in [1.29, 1.82) is 0 Å². The molecule has 0 spiro atoms. The molecule has 0 aliphatic carbocycles. The van der Waals surface area contributed by atoms with E-state index in [0.29, 0.717) is 18.9 Å². The number of carboxylic acids is 1. The maximum absolute atomic E-state index is 11.5. The largest absolute Gasteiger partial charge is 0.476 e. The lowest BCUT2D eigenvalue weighted by atomic mass is 10.3. The van der Waals surface area contributed by atoms with E-state index in [1.807, 2.05) is 13.8 Å². The third-order valence-electron chi connectivity index (χ3n) is 2.28. The van der Waals surface area contributed by atoms with Crippen molar-refractivity contribution in [3.05, 3.63) is 17.8 Å². The van der Waals surface area contributed by atoms with Crippen LogP contribution in [-0.4, -0.2) is 46.8 Å². The van der Waals surface area contributed by atoms with Crippen molar-refractivity contribution in [3.63, 3.8) is 0 Å². The first-order chi connectivity index (χ1) is 8.58. The fraction of sp³-hybridized carbons (Fsp3) is 0.455. The summed E-state index contributed by atoms with van der Waals surface area (Å²) >= 11 is 0. The SMILES string of the molecule is CCNC(=O)CN(CC)c1ccc(C(=O)O)nn1. The fourth-order valence-electron chi connectivity index (χ4n) is 1.39. The molecule has 1 rings (SSSR count). The molecule has 0 unspecified atom stereocenters. The van der Waals surface area contributed by atoms with Gasteiger partial charge < -0.3 is 15.3 Å². The number of carboxylic acid groups (broad SMARTS) is 1. The minimum atomic E-state index is -1.12. The lowest BCUT2D eigenvalue weighted by molar-refractivity contribution is -0.119. The number of likely N-dealkylation sites (N-methyl/N-ethyl adjacent to an activating group) is 2. The average Bonchev–Trinajstić information content (AvgIpc) is 2.36. The molecule has 1 amide bonds. The molecule has 18 heavy (non-hydrogen) atoms. The number of nitrogens with zero attached hydrogens (tertiary/aromatic N) is 3. The van der Waals surface area contributed by atoms with Crippen molar-refractivity contribution < 1.29 is 14.7 Å². The van der Waals surface area contributed by atoms with Crippen LogP contribution in [0.2, 0.25) is 0 Å². The molecule has 1 aromatic rings. The Labute approximate surface area is 105 Å². The summed E-state index contributed by atoms with van der Waals surface area (Å²) < 4.78 is 0. The lowest BCUT2D eigenvalue weighted by Crippen LogP contribution is -2.37. The van der Waals surface area contributed by atoms with Crippen LogP contribution in [0, 0.1) is 0 Å². The van der Waals surface area contributed by atoms with Crippen molar-refractivity contribution in [3.8, 4) is 0 Å². The Kier molecular flexibility index (Phi) is 5.04. The van der Waals surface area contributed by atoms with Gasteiger partial charge in [-0.05, 0) is 26.0 Å². The number of carbonyl (C=O) groups is 2. The highest BCUT2D eigenvalue weighted by Gasteiger charge is 2.12. The minimum Gasteiger partial charge on any atom is -0.476 e. The van der Waals surface area contributed by atoms with E-state index in [2.05, 4.69) is 15.5 Å². The third kappa shape index (κ3) is 3.69. The Morgan fingerprint density at radius 3 is 2.50 bits per heavy atom. The van der Waals surface area contributed by atoms with Crippen molar-refractivity contribution >= 4 is 17.7 Å². The smallest absolute Gasteiger partial charge is 0.356 e. The topological polar surface area (TPSA) is 95.4 Å². The predicted octanol–water partition coefficient (Wildman–Crippen LogP) is 0.137. The molecule has 2 N–H and O–H groups in total. The molecule has 0 aromatic carbocycles.